The molecule has 0 aliphatic carbocycles. The zero-order valence-electron chi connectivity index (χ0n) is 15.8. The minimum atomic E-state index is -0.185. The third-order valence-corrected chi connectivity index (χ3v) is 4.86. The molecule has 5 nitrogen and oxygen atoms in total. The predicted octanol–water partition coefficient (Wildman–Crippen LogP) is 4.52. The van der Waals surface area contributed by atoms with Crippen LogP contribution in [-0.4, -0.2) is 29.9 Å². The van der Waals surface area contributed by atoms with Gasteiger partial charge in [0.25, 0.3) is 0 Å². The topological polar surface area (TPSA) is 61.4 Å². The monoisotopic (exact) mass is 365 g/mol. The van der Waals surface area contributed by atoms with Gasteiger partial charge >= 0.3 is 6.03 Å². The van der Waals surface area contributed by atoms with Gasteiger partial charge < -0.3 is 15.5 Å². The number of piperidine rings is 1. The first-order chi connectivity index (χ1) is 13.2. The first-order valence-corrected chi connectivity index (χ1v) is 9.66. The maximum absolute atomic E-state index is 12.6. The molecule has 1 atom stereocenters. The molecule has 1 fully saturated rings. The van der Waals surface area contributed by atoms with Crippen LogP contribution in [0.2, 0.25) is 0 Å². The fraction of sp³-hybridized carbons (Fsp3) is 0.364. The van der Waals surface area contributed by atoms with Crippen molar-refractivity contribution in [1.82, 2.24) is 4.90 Å². The Kier molecular flexibility index (Phi) is 6.47. The smallest absolute Gasteiger partial charge is 0.321 e. The lowest BCUT2D eigenvalue weighted by atomic mass is 9.97. The molecule has 2 aromatic rings. The summed E-state index contributed by atoms with van der Waals surface area (Å²) in [5.41, 5.74) is 2.85. The number of aryl methyl sites for hydroxylation is 1. The molecule has 1 aliphatic heterocycles. The Morgan fingerprint density at radius 3 is 2.41 bits per heavy atom. The van der Waals surface area contributed by atoms with Gasteiger partial charge in [0.2, 0.25) is 5.91 Å². The summed E-state index contributed by atoms with van der Waals surface area (Å²) >= 11 is 0. The third kappa shape index (κ3) is 5.33. The maximum Gasteiger partial charge on any atom is 0.321 e. The molecule has 1 saturated heterocycles. The van der Waals surface area contributed by atoms with Gasteiger partial charge in [-0.1, -0.05) is 43.7 Å². The number of carbonyl (C=O) groups excluding carboxylic acids is 2. The molecule has 142 valence electrons. The number of urea groups is 1. The molecular formula is C22H27N3O2. The van der Waals surface area contributed by atoms with Crippen molar-refractivity contribution in [1.29, 1.82) is 0 Å². The van der Waals surface area contributed by atoms with Crippen molar-refractivity contribution < 1.29 is 9.59 Å². The number of hydrogen-bond acceptors (Lipinski definition) is 2. The Balaban J connectivity index is 1.55. The number of nitrogens with one attached hydrogen (secondary N) is 2. The number of likely N-dealkylation sites (tertiary alicyclic amines) is 1. The van der Waals surface area contributed by atoms with Crippen molar-refractivity contribution in [2.75, 3.05) is 23.7 Å². The van der Waals surface area contributed by atoms with Crippen LogP contribution in [0, 0.1) is 5.92 Å². The van der Waals surface area contributed by atoms with Crippen molar-refractivity contribution in [3.8, 4) is 0 Å². The lowest BCUT2D eigenvalue weighted by Crippen LogP contribution is -2.45. The van der Waals surface area contributed by atoms with Crippen LogP contribution in [0.4, 0.5) is 16.2 Å². The number of rotatable bonds is 5. The number of anilines is 2. The van der Waals surface area contributed by atoms with Crippen molar-refractivity contribution in [2.45, 2.75) is 32.6 Å². The number of hydrogen-bond donors (Lipinski definition) is 2. The van der Waals surface area contributed by atoms with Crippen LogP contribution in [0.3, 0.4) is 0 Å². The van der Waals surface area contributed by atoms with E-state index in [1.54, 1.807) is 4.90 Å². The molecule has 1 aliphatic rings. The number of para-hydroxylation sites is 1. The Bertz CT molecular complexity index is 759. The molecule has 0 aromatic heterocycles. The number of benzene rings is 2. The first kappa shape index (κ1) is 19.0. The largest absolute Gasteiger partial charge is 0.326 e. The lowest BCUT2D eigenvalue weighted by Gasteiger charge is -2.32. The van der Waals surface area contributed by atoms with E-state index in [2.05, 4.69) is 29.7 Å². The normalized spacial score (nSPS) is 16.6. The van der Waals surface area contributed by atoms with Gasteiger partial charge in [-0.25, -0.2) is 4.79 Å². The minimum Gasteiger partial charge on any atom is -0.326 e. The summed E-state index contributed by atoms with van der Waals surface area (Å²) in [6.45, 7) is 3.27. The molecular weight excluding hydrogens is 338 g/mol. The zero-order valence-corrected chi connectivity index (χ0v) is 15.8. The highest BCUT2D eigenvalue weighted by molar-refractivity contribution is 5.94. The molecule has 2 N–H and O–H groups in total. The molecule has 1 unspecified atom stereocenters. The van der Waals surface area contributed by atoms with Gasteiger partial charge in [-0.3, -0.25) is 4.79 Å². The second-order valence-corrected chi connectivity index (χ2v) is 7.02. The molecule has 27 heavy (non-hydrogen) atoms. The van der Waals surface area contributed by atoms with Crippen LogP contribution in [0.15, 0.2) is 54.6 Å². The van der Waals surface area contributed by atoms with Crippen LogP contribution in [0.25, 0.3) is 0 Å². The van der Waals surface area contributed by atoms with Crippen LogP contribution in [0.5, 0.6) is 0 Å². The van der Waals surface area contributed by atoms with Crippen molar-refractivity contribution in [3.05, 3.63) is 60.2 Å². The van der Waals surface area contributed by atoms with E-state index in [4.69, 9.17) is 0 Å². The molecule has 0 bridgehead atoms. The van der Waals surface area contributed by atoms with Crippen molar-refractivity contribution in [3.63, 3.8) is 0 Å². The highest BCUT2D eigenvalue weighted by atomic mass is 16.2. The standard InChI is InChI=1S/C22H27N3O2/c1-2-7-17-11-13-20(14-12-17)23-21(26)18-8-6-15-25(16-18)22(27)24-19-9-4-3-5-10-19/h3-5,9-14,18H,2,6-8,15-16H2,1H3,(H,23,26)(H,24,27). The van der Waals surface area contributed by atoms with E-state index < -0.39 is 0 Å². The molecule has 0 spiro atoms. The Morgan fingerprint density at radius 2 is 1.70 bits per heavy atom. The Labute approximate surface area is 160 Å². The average molecular weight is 365 g/mol. The van der Waals surface area contributed by atoms with E-state index in [1.807, 2.05) is 42.5 Å². The summed E-state index contributed by atoms with van der Waals surface area (Å²) in [4.78, 5) is 26.8. The fourth-order valence-electron chi connectivity index (χ4n) is 3.39. The first-order valence-electron chi connectivity index (χ1n) is 9.66. The van der Waals surface area contributed by atoms with E-state index in [0.29, 0.717) is 13.1 Å². The van der Waals surface area contributed by atoms with Crippen LogP contribution >= 0.6 is 0 Å². The highest BCUT2D eigenvalue weighted by Crippen LogP contribution is 2.20. The third-order valence-electron chi connectivity index (χ3n) is 4.86. The van der Waals surface area contributed by atoms with Gasteiger partial charge in [-0.15, -0.1) is 0 Å². The van der Waals surface area contributed by atoms with Crippen LogP contribution in [-0.2, 0) is 11.2 Å². The van der Waals surface area contributed by atoms with Gasteiger partial charge in [0.05, 0.1) is 5.92 Å². The van der Waals surface area contributed by atoms with Crippen molar-refractivity contribution >= 4 is 23.3 Å². The lowest BCUT2D eigenvalue weighted by molar-refractivity contribution is -0.121. The van der Waals surface area contributed by atoms with Gasteiger partial charge in [-0.05, 0) is 49.1 Å². The van der Waals surface area contributed by atoms with E-state index in [0.717, 1.165) is 37.1 Å². The predicted molar refractivity (Wildman–Crippen MR) is 109 cm³/mol. The van der Waals surface area contributed by atoms with Gasteiger partial charge in [0.15, 0.2) is 0 Å². The van der Waals surface area contributed by atoms with Gasteiger partial charge in [0, 0.05) is 24.5 Å². The quantitative estimate of drug-likeness (QED) is 0.818. The summed E-state index contributed by atoms with van der Waals surface area (Å²) in [5, 5.41) is 5.89. The molecule has 0 saturated carbocycles. The molecule has 3 rings (SSSR count). The summed E-state index contributed by atoms with van der Waals surface area (Å²) in [6.07, 6.45) is 3.78. The van der Waals surface area contributed by atoms with Gasteiger partial charge in [0.1, 0.15) is 0 Å². The summed E-state index contributed by atoms with van der Waals surface area (Å²) < 4.78 is 0. The second kappa shape index (κ2) is 9.21. The maximum atomic E-state index is 12.6. The van der Waals surface area contributed by atoms with E-state index in [-0.39, 0.29) is 17.9 Å². The summed E-state index contributed by atoms with van der Waals surface area (Å²) in [6, 6.07) is 17.2. The number of amides is 3. The zero-order chi connectivity index (χ0) is 19.1. The highest BCUT2D eigenvalue weighted by Gasteiger charge is 2.28. The second-order valence-electron chi connectivity index (χ2n) is 7.02. The molecule has 2 aromatic carbocycles. The molecule has 5 heteroatoms. The summed E-state index contributed by atoms with van der Waals surface area (Å²) in [5.74, 6) is -0.203. The van der Waals surface area contributed by atoms with Crippen LogP contribution in [0.1, 0.15) is 31.7 Å². The SMILES string of the molecule is CCCc1ccc(NC(=O)C2CCCN(C(=O)Nc3ccccc3)C2)cc1. The Hall–Kier alpha value is -2.82. The number of carbonyl (C=O) groups is 2. The van der Waals surface area contributed by atoms with Crippen molar-refractivity contribution in [2.24, 2.45) is 5.92 Å². The molecule has 3 amide bonds. The molecule has 0 radical (unpaired) electrons. The number of nitrogens with zero attached hydrogens (tertiary/aromatic N) is 1. The van der Waals surface area contributed by atoms with Gasteiger partial charge in [-0.2, -0.15) is 0 Å². The van der Waals surface area contributed by atoms with E-state index in [1.165, 1.54) is 5.56 Å². The fourth-order valence-corrected chi connectivity index (χ4v) is 3.39. The Morgan fingerprint density at radius 1 is 1.00 bits per heavy atom. The minimum absolute atomic E-state index is 0.0181. The molecule has 1 heterocycles. The van der Waals surface area contributed by atoms with Crippen LogP contribution < -0.4 is 10.6 Å². The summed E-state index contributed by atoms with van der Waals surface area (Å²) in [7, 11) is 0. The average Bonchev–Trinajstić information content (AvgIpc) is 2.70. The van der Waals surface area contributed by atoms with E-state index >= 15 is 0 Å². The van der Waals surface area contributed by atoms with E-state index in [9.17, 15) is 9.59 Å².